The van der Waals surface area contributed by atoms with Gasteiger partial charge in [0.05, 0.1) is 11.9 Å². The number of fused-ring (bicyclic) bond motifs is 1. The molecular weight excluding hydrogens is 198 g/mol. The summed E-state index contributed by atoms with van der Waals surface area (Å²) < 4.78 is 0. The van der Waals surface area contributed by atoms with Crippen LogP contribution in [-0.4, -0.2) is 31.6 Å². The predicted octanol–water partition coefficient (Wildman–Crippen LogP) is -1.17. The van der Waals surface area contributed by atoms with E-state index in [1.165, 1.54) is 6.20 Å². The fraction of sp³-hybridized carbons (Fsp3) is 0.250. The first-order valence-electron chi connectivity index (χ1n) is 4.33. The number of nitrogens with two attached hydrogens (primary N) is 1. The highest BCUT2D eigenvalue weighted by molar-refractivity contribution is 5.69. The molecule has 0 aliphatic heterocycles. The Labute approximate surface area is 84.0 Å². The molecule has 0 aliphatic carbocycles. The van der Waals surface area contributed by atoms with E-state index in [4.69, 9.17) is 10.8 Å². The van der Waals surface area contributed by atoms with Gasteiger partial charge in [0.1, 0.15) is 0 Å². The van der Waals surface area contributed by atoms with E-state index in [9.17, 15) is 4.79 Å². The Bertz CT molecular complexity index is 550. The predicted molar refractivity (Wildman–Crippen MR) is 53.2 cm³/mol. The lowest BCUT2D eigenvalue weighted by Gasteiger charge is -1.99. The fourth-order valence-corrected chi connectivity index (χ4v) is 1.21. The second-order valence-electron chi connectivity index (χ2n) is 2.96. The number of hydrogen-bond acceptors (Lipinski definition) is 6. The monoisotopic (exact) mass is 207 g/mol. The van der Waals surface area contributed by atoms with Crippen LogP contribution < -0.4 is 11.3 Å². The van der Waals surface area contributed by atoms with Crippen molar-refractivity contribution in [1.29, 1.82) is 0 Å². The van der Waals surface area contributed by atoms with E-state index in [-0.39, 0.29) is 23.7 Å². The van der Waals surface area contributed by atoms with Crippen LogP contribution >= 0.6 is 0 Å². The highest BCUT2D eigenvalue weighted by Gasteiger charge is 2.05. The molecule has 0 atom stereocenters. The van der Waals surface area contributed by atoms with Crippen molar-refractivity contribution in [3.63, 3.8) is 0 Å². The molecule has 0 amide bonds. The highest BCUT2D eigenvalue weighted by atomic mass is 16.3. The second-order valence-corrected chi connectivity index (χ2v) is 2.96. The molecule has 0 aliphatic rings. The maximum Gasteiger partial charge on any atom is 0.280 e. The van der Waals surface area contributed by atoms with Gasteiger partial charge >= 0.3 is 0 Å². The molecule has 7 heteroatoms. The average molecular weight is 207 g/mol. The minimum Gasteiger partial charge on any atom is -0.396 e. The Balaban J connectivity index is 2.66. The van der Waals surface area contributed by atoms with Crippen LogP contribution in [0.4, 0.5) is 5.95 Å². The van der Waals surface area contributed by atoms with Crippen molar-refractivity contribution < 1.29 is 5.11 Å². The zero-order valence-corrected chi connectivity index (χ0v) is 7.77. The van der Waals surface area contributed by atoms with Gasteiger partial charge in [0, 0.05) is 13.0 Å². The fourth-order valence-electron chi connectivity index (χ4n) is 1.21. The van der Waals surface area contributed by atoms with E-state index in [0.29, 0.717) is 12.1 Å². The molecule has 0 radical (unpaired) electrons. The molecule has 0 unspecified atom stereocenters. The smallest absolute Gasteiger partial charge is 0.280 e. The lowest BCUT2D eigenvalue weighted by Crippen LogP contribution is -2.14. The van der Waals surface area contributed by atoms with Gasteiger partial charge in [0.25, 0.3) is 5.56 Å². The number of aromatic nitrogens is 4. The number of hydrogen-bond donors (Lipinski definition) is 3. The van der Waals surface area contributed by atoms with Crippen LogP contribution in [0, 0.1) is 0 Å². The Morgan fingerprint density at radius 3 is 3.00 bits per heavy atom. The molecule has 0 aromatic carbocycles. The van der Waals surface area contributed by atoms with Gasteiger partial charge in [-0.3, -0.25) is 9.78 Å². The number of aromatic amines is 1. The average Bonchev–Trinajstić information content (AvgIpc) is 2.19. The van der Waals surface area contributed by atoms with E-state index in [1.54, 1.807) is 0 Å². The lowest BCUT2D eigenvalue weighted by molar-refractivity contribution is 0.298. The molecule has 2 aromatic heterocycles. The third kappa shape index (κ3) is 1.77. The molecule has 2 aromatic rings. The second kappa shape index (κ2) is 3.62. The van der Waals surface area contributed by atoms with Gasteiger partial charge in [-0.2, -0.15) is 4.98 Å². The summed E-state index contributed by atoms with van der Waals surface area (Å²) in [5.74, 6) is 0.0108. The van der Waals surface area contributed by atoms with E-state index >= 15 is 0 Å². The SMILES string of the molecule is Nc1nc2ncc(CCO)nc2c(=O)[nH]1. The van der Waals surface area contributed by atoms with Crippen molar-refractivity contribution in [2.75, 3.05) is 12.3 Å². The molecule has 2 heterocycles. The minimum atomic E-state index is -0.426. The quantitative estimate of drug-likeness (QED) is 0.571. The summed E-state index contributed by atoms with van der Waals surface area (Å²) in [5, 5.41) is 8.72. The van der Waals surface area contributed by atoms with Crippen molar-refractivity contribution >= 4 is 17.1 Å². The number of anilines is 1. The summed E-state index contributed by atoms with van der Waals surface area (Å²) in [7, 11) is 0. The number of nitrogens with zero attached hydrogens (tertiary/aromatic N) is 3. The minimum absolute atomic E-state index is 0.0108. The van der Waals surface area contributed by atoms with Crippen LogP contribution in [-0.2, 0) is 6.42 Å². The standard InChI is InChI=1S/C8H9N5O2/c9-8-12-6-5(7(15)13-8)11-4(1-2-14)3-10-6/h3,14H,1-2H2,(H3,9,10,12,13,15). The molecule has 15 heavy (non-hydrogen) atoms. The zero-order valence-electron chi connectivity index (χ0n) is 7.77. The normalized spacial score (nSPS) is 10.7. The van der Waals surface area contributed by atoms with Crippen LogP contribution in [0.5, 0.6) is 0 Å². The summed E-state index contributed by atoms with van der Waals surface area (Å²) >= 11 is 0. The first kappa shape index (κ1) is 9.53. The molecule has 4 N–H and O–H groups in total. The summed E-state index contributed by atoms with van der Waals surface area (Å²) in [6.07, 6.45) is 1.82. The van der Waals surface area contributed by atoms with Crippen molar-refractivity contribution in [1.82, 2.24) is 19.9 Å². The van der Waals surface area contributed by atoms with Gasteiger partial charge in [-0.05, 0) is 0 Å². The number of nitrogen functional groups attached to an aromatic ring is 1. The Kier molecular flexibility index (Phi) is 2.30. The molecular formula is C8H9N5O2. The molecule has 7 nitrogen and oxygen atoms in total. The third-order valence-corrected chi connectivity index (χ3v) is 1.85. The van der Waals surface area contributed by atoms with Gasteiger partial charge in [0.15, 0.2) is 11.2 Å². The number of rotatable bonds is 2. The van der Waals surface area contributed by atoms with E-state index in [2.05, 4.69) is 19.9 Å². The number of H-pyrrole nitrogens is 1. The van der Waals surface area contributed by atoms with Crippen molar-refractivity contribution in [3.05, 3.63) is 22.2 Å². The summed E-state index contributed by atoms with van der Waals surface area (Å²) in [4.78, 5) is 25.5. The molecule has 78 valence electrons. The summed E-state index contributed by atoms with van der Waals surface area (Å²) in [6.45, 7) is -0.0412. The van der Waals surface area contributed by atoms with E-state index < -0.39 is 5.56 Å². The van der Waals surface area contributed by atoms with Crippen LogP contribution in [0.3, 0.4) is 0 Å². The highest BCUT2D eigenvalue weighted by Crippen LogP contribution is 2.03. The Morgan fingerprint density at radius 2 is 2.27 bits per heavy atom. The molecule has 2 rings (SSSR count). The largest absolute Gasteiger partial charge is 0.396 e. The number of aliphatic hydroxyl groups is 1. The molecule has 0 saturated carbocycles. The molecule has 0 bridgehead atoms. The van der Waals surface area contributed by atoms with E-state index in [1.807, 2.05) is 0 Å². The van der Waals surface area contributed by atoms with Crippen LogP contribution in [0.2, 0.25) is 0 Å². The molecule has 0 spiro atoms. The van der Waals surface area contributed by atoms with Gasteiger partial charge in [0.2, 0.25) is 5.95 Å². The maximum atomic E-state index is 11.4. The summed E-state index contributed by atoms with van der Waals surface area (Å²) in [6, 6.07) is 0. The van der Waals surface area contributed by atoms with E-state index in [0.717, 1.165) is 0 Å². The Hall–Kier alpha value is -2.02. The van der Waals surface area contributed by atoms with Crippen LogP contribution in [0.25, 0.3) is 11.2 Å². The van der Waals surface area contributed by atoms with Gasteiger partial charge < -0.3 is 10.8 Å². The van der Waals surface area contributed by atoms with Gasteiger partial charge in [-0.1, -0.05) is 0 Å². The van der Waals surface area contributed by atoms with Gasteiger partial charge in [-0.25, -0.2) is 9.97 Å². The van der Waals surface area contributed by atoms with Crippen LogP contribution in [0.15, 0.2) is 11.0 Å². The Morgan fingerprint density at radius 1 is 1.47 bits per heavy atom. The third-order valence-electron chi connectivity index (χ3n) is 1.85. The topological polar surface area (TPSA) is 118 Å². The maximum absolute atomic E-state index is 11.4. The molecule has 0 saturated heterocycles. The first-order valence-corrected chi connectivity index (χ1v) is 4.33. The number of aliphatic hydroxyl groups excluding tert-OH is 1. The zero-order chi connectivity index (χ0) is 10.8. The van der Waals surface area contributed by atoms with Crippen molar-refractivity contribution in [3.8, 4) is 0 Å². The molecule has 0 fully saturated rings. The summed E-state index contributed by atoms with van der Waals surface area (Å²) in [5.41, 5.74) is 5.81. The lowest BCUT2D eigenvalue weighted by atomic mass is 10.3. The van der Waals surface area contributed by atoms with Crippen molar-refractivity contribution in [2.24, 2.45) is 0 Å². The van der Waals surface area contributed by atoms with Crippen LogP contribution in [0.1, 0.15) is 5.69 Å². The number of nitrogens with one attached hydrogen (secondary N) is 1. The van der Waals surface area contributed by atoms with Gasteiger partial charge in [-0.15, -0.1) is 0 Å². The first-order chi connectivity index (χ1) is 7.20. The van der Waals surface area contributed by atoms with Crippen molar-refractivity contribution in [2.45, 2.75) is 6.42 Å².